The molecule has 1 atom stereocenters. The Morgan fingerprint density at radius 1 is 1.44 bits per heavy atom. The lowest BCUT2D eigenvalue weighted by molar-refractivity contribution is -0.384. The number of dihydropyridines is 1. The molecule has 0 radical (unpaired) electrons. The molecule has 0 aliphatic carbocycles. The molecule has 2 N–H and O–H groups in total. The first-order valence-electron chi connectivity index (χ1n) is 7.25. The Hall–Kier alpha value is -2.68. The summed E-state index contributed by atoms with van der Waals surface area (Å²) >= 11 is 3.14. The summed E-state index contributed by atoms with van der Waals surface area (Å²) in [6.07, 6.45) is 1.38. The molecule has 0 aromatic heterocycles. The number of nitro groups is 1. The van der Waals surface area contributed by atoms with Gasteiger partial charge in [-0.15, -0.1) is 0 Å². The number of non-ortho nitro benzene ring substituents is 1. The van der Waals surface area contributed by atoms with Crippen LogP contribution in [-0.2, 0) is 14.3 Å². The van der Waals surface area contributed by atoms with E-state index in [4.69, 9.17) is 4.74 Å². The number of allylic oxidation sites excluding steroid dienone is 1. The number of alkyl halides is 1. The Balaban J connectivity index is 2.54. The minimum Gasteiger partial charge on any atom is -0.478 e. The number of carboxylic acids is 1. The fraction of sp³-hybridized carbons (Fsp3) is 0.250. The summed E-state index contributed by atoms with van der Waals surface area (Å²) in [6.45, 7) is 1.67. The highest BCUT2D eigenvalue weighted by molar-refractivity contribution is 9.09. The van der Waals surface area contributed by atoms with Crippen molar-refractivity contribution in [1.29, 1.82) is 0 Å². The molecule has 2 rings (SSSR count). The molecule has 132 valence electrons. The van der Waals surface area contributed by atoms with E-state index in [1.807, 2.05) is 0 Å². The average Bonchev–Trinajstić information content (AvgIpc) is 2.59. The van der Waals surface area contributed by atoms with Crippen LogP contribution in [-0.4, -0.2) is 33.9 Å². The zero-order valence-electron chi connectivity index (χ0n) is 13.2. The summed E-state index contributed by atoms with van der Waals surface area (Å²) in [4.78, 5) is 34.5. The molecule has 1 heterocycles. The third-order valence-electron chi connectivity index (χ3n) is 3.64. The predicted octanol–water partition coefficient (Wildman–Crippen LogP) is 2.46. The lowest BCUT2D eigenvalue weighted by Crippen LogP contribution is -2.29. The lowest BCUT2D eigenvalue weighted by atomic mass is 9.82. The number of hydrogen-bond donors (Lipinski definition) is 2. The van der Waals surface area contributed by atoms with Crippen LogP contribution in [0.15, 0.2) is 47.3 Å². The molecule has 1 aliphatic heterocycles. The third kappa shape index (κ3) is 4.05. The van der Waals surface area contributed by atoms with Gasteiger partial charge in [-0.1, -0.05) is 28.1 Å². The number of nitrogens with one attached hydrogen (secondary N) is 1. The van der Waals surface area contributed by atoms with E-state index in [1.54, 1.807) is 13.0 Å². The number of esters is 1. The highest BCUT2D eigenvalue weighted by Crippen LogP contribution is 2.37. The Labute approximate surface area is 151 Å². The number of carboxylic acid groups (broad SMARTS) is 1. The van der Waals surface area contributed by atoms with E-state index in [1.165, 1.54) is 24.4 Å². The highest BCUT2D eigenvalue weighted by Gasteiger charge is 2.35. The number of halogens is 1. The molecule has 0 amide bonds. The van der Waals surface area contributed by atoms with E-state index in [0.717, 1.165) is 0 Å². The zero-order chi connectivity index (χ0) is 18.6. The number of hydrogen-bond acceptors (Lipinski definition) is 6. The van der Waals surface area contributed by atoms with Crippen LogP contribution in [0.5, 0.6) is 0 Å². The van der Waals surface area contributed by atoms with Gasteiger partial charge in [-0.3, -0.25) is 10.1 Å². The second-order valence-electron chi connectivity index (χ2n) is 5.20. The molecule has 8 nitrogen and oxygen atoms in total. The lowest BCUT2D eigenvalue weighted by Gasteiger charge is -2.26. The number of benzene rings is 1. The van der Waals surface area contributed by atoms with Crippen LogP contribution in [0.4, 0.5) is 5.69 Å². The molecule has 0 fully saturated rings. The molecule has 1 aliphatic rings. The van der Waals surface area contributed by atoms with Gasteiger partial charge in [0.15, 0.2) is 0 Å². The van der Waals surface area contributed by atoms with Gasteiger partial charge in [-0.2, -0.15) is 0 Å². The fourth-order valence-corrected chi connectivity index (χ4v) is 2.72. The summed E-state index contributed by atoms with van der Waals surface area (Å²) < 4.78 is 5.08. The van der Waals surface area contributed by atoms with Crippen LogP contribution >= 0.6 is 15.9 Å². The molecule has 0 spiro atoms. The molecule has 25 heavy (non-hydrogen) atoms. The second-order valence-corrected chi connectivity index (χ2v) is 5.99. The third-order valence-corrected chi connectivity index (χ3v) is 3.96. The van der Waals surface area contributed by atoms with Gasteiger partial charge < -0.3 is 15.2 Å². The molecule has 9 heteroatoms. The first kappa shape index (κ1) is 18.7. The van der Waals surface area contributed by atoms with Crippen molar-refractivity contribution in [3.8, 4) is 0 Å². The zero-order valence-corrected chi connectivity index (χ0v) is 14.8. The van der Waals surface area contributed by atoms with Crippen molar-refractivity contribution in [3.05, 3.63) is 63.0 Å². The minimum absolute atomic E-state index is 0.0613. The minimum atomic E-state index is -1.22. The molecule has 1 aromatic rings. The highest BCUT2D eigenvalue weighted by atomic mass is 79.9. The van der Waals surface area contributed by atoms with Crippen LogP contribution in [0.25, 0.3) is 0 Å². The van der Waals surface area contributed by atoms with Crippen molar-refractivity contribution < 1.29 is 24.4 Å². The largest absolute Gasteiger partial charge is 0.478 e. The van der Waals surface area contributed by atoms with Crippen LogP contribution in [0.2, 0.25) is 0 Å². The summed E-state index contributed by atoms with van der Waals surface area (Å²) in [5.74, 6) is -2.88. The number of nitro benzene ring substituents is 1. The van der Waals surface area contributed by atoms with Gasteiger partial charge in [-0.25, -0.2) is 9.59 Å². The normalized spacial score (nSPS) is 16.7. The van der Waals surface area contributed by atoms with Gasteiger partial charge >= 0.3 is 11.9 Å². The van der Waals surface area contributed by atoms with Gasteiger partial charge in [0, 0.05) is 29.4 Å². The summed E-state index contributed by atoms with van der Waals surface area (Å²) in [5.41, 5.74) is 0.500. The number of rotatable bonds is 6. The van der Waals surface area contributed by atoms with E-state index in [9.17, 15) is 24.8 Å². The predicted molar refractivity (Wildman–Crippen MR) is 92.1 cm³/mol. The number of ether oxygens (including phenoxy) is 1. The van der Waals surface area contributed by atoms with Crippen LogP contribution in [0, 0.1) is 10.1 Å². The number of carbonyl (C=O) groups excluding carboxylic acids is 1. The number of nitrogens with zero attached hydrogens (tertiary/aromatic N) is 1. The smallest absolute Gasteiger partial charge is 0.336 e. The molecular formula is C16H15BrN2O6. The average molecular weight is 411 g/mol. The maximum Gasteiger partial charge on any atom is 0.336 e. The van der Waals surface area contributed by atoms with Gasteiger partial charge in [-0.05, 0) is 12.5 Å². The number of carbonyl (C=O) groups is 2. The summed E-state index contributed by atoms with van der Waals surface area (Å²) in [6, 6.07) is 5.56. The SMILES string of the molecule is CC1=C(C(=O)O)C(c2cccc([N+](=O)[O-])c2)C(C(=O)OCCBr)=CN1. The van der Waals surface area contributed by atoms with E-state index < -0.39 is 22.8 Å². The van der Waals surface area contributed by atoms with Crippen molar-refractivity contribution in [1.82, 2.24) is 5.32 Å². The molecular weight excluding hydrogens is 396 g/mol. The standard InChI is InChI=1S/C16H15BrN2O6/c1-9-13(15(20)21)14(10-3-2-4-11(7-10)19(23)24)12(8-18-9)16(22)25-6-5-17/h2-4,7-8,14,18H,5-6H2,1H3,(H,20,21). The van der Waals surface area contributed by atoms with E-state index in [0.29, 0.717) is 16.6 Å². The van der Waals surface area contributed by atoms with Gasteiger partial charge in [0.05, 0.1) is 22.0 Å². The van der Waals surface area contributed by atoms with Crippen molar-refractivity contribution in [2.24, 2.45) is 0 Å². The fourth-order valence-electron chi connectivity index (χ4n) is 2.56. The summed E-state index contributed by atoms with van der Waals surface area (Å²) in [7, 11) is 0. The first-order chi connectivity index (χ1) is 11.9. The Bertz CT molecular complexity index is 787. The molecule has 1 aromatic carbocycles. The van der Waals surface area contributed by atoms with Crippen LogP contribution in [0.1, 0.15) is 18.4 Å². The Morgan fingerprint density at radius 3 is 2.76 bits per heavy atom. The quantitative estimate of drug-likeness (QED) is 0.320. The van der Waals surface area contributed by atoms with Gasteiger partial charge in [0.2, 0.25) is 0 Å². The second kappa shape index (κ2) is 7.93. The number of aliphatic carboxylic acids is 1. The monoisotopic (exact) mass is 410 g/mol. The Morgan fingerprint density at radius 2 is 2.16 bits per heavy atom. The van der Waals surface area contributed by atoms with E-state index in [2.05, 4.69) is 21.2 Å². The van der Waals surface area contributed by atoms with Gasteiger partial charge in [0.1, 0.15) is 6.61 Å². The topological polar surface area (TPSA) is 119 Å². The van der Waals surface area contributed by atoms with Crippen LogP contribution in [0.3, 0.4) is 0 Å². The van der Waals surface area contributed by atoms with E-state index in [-0.39, 0.29) is 23.4 Å². The van der Waals surface area contributed by atoms with Crippen molar-refractivity contribution in [3.63, 3.8) is 0 Å². The van der Waals surface area contributed by atoms with Crippen LogP contribution < -0.4 is 5.32 Å². The maximum absolute atomic E-state index is 12.3. The van der Waals surface area contributed by atoms with Crippen molar-refractivity contribution in [2.75, 3.05) is 11.9 Å². The maximum atomic E-state index is 12.3. The Kier molecular flexibility index (Phi) is 5.92. The van der Waals surface area contributed by atoms with Gasteiger partial charge in [0.25, 0.3) is 5.69 Å². The first-order valence-corrected chi connectivity index (χ1v) is 8.37. The van der Waals surface area contributed by atoms with E-state index >= 15 is 0 Å². The van der Waals surface area contributed by atoms with Crippen molar-refractivity contribution in [2.45, 2.75) is 12.8 Å². The summed E-state index contributed by atoms with van der Waals surface area (Å²) in [5, 5.41) is 23.8. The molecule has 0 saturated carbocycles. The molecule has 1 unspecified atom stereocenters. The molecule has 0 saturated heterocycles. The van der Waals surface area contributed by atoms with Crippen molar-refractivity contribution >= 4 is 33.6 Å². The molecule has 0 bridgehead atoms.